The van der Waals surface area contributed by atoms with Crippen LogP contribution in [-0.2, 0) is 22.6 Å². The number of carbonyl (C=O) groups is 2. The number of hydrogen-bond donors (Lipinski definition) is 1. The summed E-state index contributed by atoms with van der Waals surface area (Å²) in [5.74, 6) is -0.853. The second-order valence-electron chi connectivity index (χ2n) is 5.70. The van der Waals surface area contributed by atoms with Gasteiger partial charge < -0.3 is 14.7 Å². The summed E-state index contributed by atoms with van der Waals surface area (Å²) in [5, 5.41) is 9.03. The third-order valence-corrected chi connectivity index (χ3v) is 4.42. The van der Waals surface area contributed by atoms with Crippen LogP contribution in [-0.4, -0.2) is 34.6 Å². The number of ether oxygens (including phenoxy) is 1. The Morgan fingerprint density at radius 3 is 2.81 bits per heavy atom. The van der Waals surface area contributed by atoms with Crippen LogP contribution >= 0.6 is 0 Å². The van der Waals surface area contributed by atoms with E-state index in [1.165, 1.54) is 0 Å². The fourth-order valence-corrected chi connectivity index (χ4v) is 3.25. The van der Waals surface area contributed by atoms with Crippen molar-refractivity contribution in [2.75, 3.05) is 6.61 Å². The molecule has 3 rings (SSSR count). The van der Waals surface area contributed by atoms with Crippen molar-refractivity contribution in [2.24, 2.45) is 5.92 Å². The lowest BCUT2D eigenvalue weighted by atomic mass is 9.98. The summed E-state index contributed by atoms with van der Waals surface area (Å²) in [4.78, 5) is 25.5. The fraction of sp³-hybridized carbons (Fsp3) is 0.500. The smallest absolute Gasteiger partial charge is 0.335 e. The molecule has 0 saturated carbocycles. The first-order valence-corrected chi connectivity index (χ1v) is 7.35. The van der Waals surface area contributed by atoms with Crippen molar-refractivity contribution >= 4 is 11.9 Å². The summed E-state index contributed by atoms with van der Waals surface area (Å²) in [6.45, 7) is 3.76. The molecule has 2 atom stereocenters. The van der Waals surface area contributed by atoms with Crippen LogP contribution in [0, 0.1) is 5.92 Å². The summed E-state index contributed by atoms with van der Waals surface area (Å²) in [5.41, 5.74) is 2.26. The van der Waals surface area contributed by atoms with Crippen molar-refractivity contribution in [3.63, 3.8) is 0 Å². The second kappa shape index (κ2) is 5.48. The van der Waals surface area contributed by atoms with Gasteiger partial charge in [0.1, 0.15) is 0 Å². The molecule has 0 aromatic heterocycles. The Labute approximate surface area is 123 Å². The molecule has 1 N–H and O–H groups in total. The van der Waals surface area contributed by atoms with Gasteiger partial charge >= 0.3 is 5.97 Å². The Bertz CT molecular complexity index is 584. The summed E-state index contributed by atoms with van der Waals surface area (Å²) in [6.07, 6.45) is 1.65. The van der Waals surface area contributed by atoms with E-state index >= 15 is 0 Å². The maximum absolute atomic E-state index is 12.6. The standard InChI is InChI=1S/C16H19NO4/c1-2-14-13(5-6-21-14)15(18)17-8-11-4-3-10(16(19)20)7-12(11)9-17/h3-4,7,13-14H,2,5-6,8-9H2,1H3,(H,19,20). The van der Waals surface area contributed by atoms with Gasteiger partial charge in [0.05, 0.1) is 17.6 Å². The molecule has 0 bridgehead atoms. The van der Waals surface area contributed by atoms with Gasteiger partial charge in [-0.15, -0.1) is 0 Å². The van der Waals surface area contributed by atoms with Gasteiger partial charge in [-0.25, -0.2) is 4.79 Å². The summed E-state index contributed by atoms with van der Waals surface area (Å²) < 4.78 is 5.60. The third kappa shape index (κ3) is 2.53. The van der Waals surface area contributed by atoms with E-state index in [0.29, 0.717) is 19.7 Å². The molecule has 2 unspecified atom stereocenters. The van der Waals surface area contributed by atoms with Crippen molar-refractivity contribution < 1.29 is 19.4 Å². The number of carboxylic acids is 1. The predicted octanol–water partition coefficient (Wildman–Crippen LogP) is 2.04. The number of rotatable bonds is 3. The third-order valence-electron chi connectivity index (χ3n) is 4.42. The zero-order chi connectivity index (χ0) is 15.0. The van der Waals surface area contributed by atoms with E-state index < -0.39 is 5.97 Å². The molecule has 1 aromatic rings. The van der Waals surface area contributed by atoms with E-state index in [4.69, 9.17) is 9.84 Å². The number of fused-ring (bicyclic) bond motifs is 1. The molecule has 21 heavy (non-hydrogen) atoms. The zero-order valence-corrected chi connectivity index (χ0v) is 12.0. The molecule has 5 nitrogen and oxygen atoms in total. The SMILES string of the molecule is CCC1OCCC1C(=O)N1Cc2ccc(C(=O)O)cc2C1. The van der Waals surface area contributed by atoms with Crippen LogP contribution in [0.3, 0.4) is 0 Å². The highest BCUT2D eigenvalue weighted by atomic mass is 16.5. The molecule has 1 amide bonds. The molecule has 1 saturated heterocycles. The molecule has 2 heterocycles. The Kier molecular flexibility index (Phi) is 3.68. The largest absolute Gasteiger partial charge is 0.478 e. The van der Waals surface area contributed by atoms with Crippen LogP contribution in [0.1, 0.15) is 41.3 Å². The van der Waals surface area contributed by atoms with Gasteiger partial charge in [-0.2, -0.15) is 0 Å². The number of nitrogens with zero attached hydrogens (tertiary/aromatic N) is 1. The monoisotopic (exact) mass is 289 g/mol. The highest BCUT2D eigenvalue weighted by molar-refractivity contribution is 5.88. The van der Waals surface area contributed by atoms with Gasteiger partial charge in [0.25, 0.3) is 0 Å². The number of benzene rings is 1. The number of carboxylic acid groups (broad SMARTS) is 1. The molecular formula is C16H19NO4. The molecule has 0 radical (unpaired) electrons. The average Bonchev–Trinajstić information content (AvgIpc) is 3.11. The first kappa shape index (κ1) is 14.1. The lowest BCUT2D eigenvalue weighted by Gasteiger charge is -2.23. The molecular weight excluding hydrogens is 270 g/mol. The lowest BCUT2D eigenvalue weighted by molar-refractivity contribution is -0.138. The van der Waals surface area contributed by atoms with E-state index in [1.807, 2.05) is 17.9 Å². The second-order valence-corrected chi connectivity index (χ2v) is 5.70. The number of aromatic carboxylic acids is 1. The van der Waals surface area contributed by atoms with Crippen LogP contribution in [0.15, 0.2) is 18.2 Å². The van der Waals surface area contributed by atoms with Gasteiger partial charge in [0.2, 0.25) is 5.91 Å². The normalized spacial score (nSPS) is 24.1. The van der Waals surface area contributed by atoms with Crippen LogP contribution in [0.2, 0.25) is 0 Å². The minimum atomic E-state index is -0.933. The zero-order valence-electron chi connectivity index (χ0n) is 12.0. The van der Waals surface area contributed by atoms with E-state index in [2.05, 4.69) is 0 Å². The van der Waals surface area contributed by atoms with Crippen LogP contribution in [0.25, 0.3) is 0 Å². The maximum Gasteiger partial charge on any atom is 0.335 e. The van der Waals surface area contributed by atoms with Crippen molar-refractivity contribution in [2.45, 2.75) is 39.0 Å². The van der Waals surface area contributed by atoms with E-state index in [0.717, 1.165) is 24.0 Å². The van der Waals surface area contributed by atoms with Crippen molar-refractivity contribution in [1.82, 2.24) is 4.90 Å². The van der Waals surface area contributed by atoms with Crippen LogP contribution in [0.5, 0.6) is 0 Å². The Morgan fingerprint density at radius 2 is 2.10 bits per heavy atom. The van der Waals surface area contributed by atoms with Gasteiger partial charge in [0, 0.05) is 19.7 Å². The molecule has 0 spiro atoms. The van der Waals surface area contributed by atoms with Gasteiger partial charge in [-0.3, -0.25) is 4.79 Å². The number of hydrogen-bond acceptors (Lipinski definition) is 3. The van der Waals surface area contributed by atoms with Crippen LogP contribution < -0.4 is 0 Å². The van der Waals surface area contributed by atoms with E-state index in [-0.39, 0.29) is 23.5 Å². The summed E-state index contributed by atoms with van der Waals surface area (Å²) >= 11 is 0. The minimum absolute atomic E-state index is 0.0239. The van der Waals surface area contributed by atoms with E-state index in [1.54, 1.807) is 12.1 Å². The highest BCUT2D eigenvalue weighted by Crippen LogP contribution is 2.30. The Morgan fingerprint density at radius 1 is 1.33 bits per heavy atom. The molecule has 1 fully saturated rings. The summed E-state index contributed by atoms with van der Waals surface area (Å²) in [7, 11) is 0. The molecule has 5 heteroatoms. The van der Waals surface area contributed by atoms with E-state index in [9.17, 15) is 9.59 Å². The maximum atomic E-state index is 12.6. The number of amides is 1. The topological polar surface area (TPSA) is 66.8 Å². The lowest BCUT2D eigenvalue weighted by Crippen LogP contribution is -2.35. The van der Waals surface area contributed by atoms with Gasteiger partial charge in [-0.1, -0.05) is 13.0 Å². The number of carbonyl (C=O) groups excluding carboxylic acids is 1. The average molecular weight is 289 g/mol. The quantitative estimate of drug-likeness (QED) is 0.924. The summed E-state index contributed by atoms with van der Waals surface area (Å²) in [6, 6.07) is 5.09. The molecule has 112 valence electrons. The Hall–Kier alpha value is -1.88. The predicted molar refractivity (Wildman–Crippen MR) is 75.8 cm³/mol. The minimum Gasteiger partial charge on any atom is -0.478 e. The first-order chi connectivity index (χ1) is 10.1. The molecule has 1 aromatic carbocycles. The fourth-order valence-electron chi connectivity index (χ4n) is 3.25. The highest BCUT2D eigenvalue weighted by Gasteiger charge is 2.37. The van der Waals surface area contributed by atoms with Crippen LogP contribution in [0.4, 0.5) is 0 Å². The van der Waals surface area contributed by atoms with Gasteiger partial charge in [0.15, 0.2) is 0 Å². The van der Waals surface area contributed by atoms with Crippen molar-refractivity contribution in [3.05, 3.63) is 34.9 Å². The molecule has 0 aliphatic carbocycles. The molecule has 2 aliphatic rings. The first-order valence-electron chi connectivity index (χ1n) is 7.35. The van der Waals surface area contributed by atoms with Crippen molar-refractivity contribution in [1.29, 1.82) is 0 Å². The Balaban J connectivity index is 1.75. The molecule has 2 aliphatic heterocycles. The van der Waals surface area contributed by atoms with Crippen molar-refractivity contribution in [3.8, 4) is 0 Å². The van der Waals surface area contributed by atoms with Gasteiger partial charge in [-0.05, 0) is 36.1 Å².